The molecule has 4 heteroatoms. The van der Waals surface area contributed by atoms with Crippen LogP contribution in [-0.4, -0.2) is 18.7 Å². The molecule has 0 unspecified atom stereocenters. The predicted molar refractivity (Wildman–Crippen MR) is 58.9 cm³/mol. The molecule has 0 saturated carbocycles. The number of nitrogens with one attached hydrogen (secondary N) is 1. The molecule has 16 heavy (non-hydrogen) atoms. The van der Waals surface area contributed by atoms with Gasteiger partial charge in [0, 0.05) is 0 Å². The average Bonchev–Trinajstić information content (AvgIpc) is 2.26. The monoisotopic (exact) mass is 223 g/mol. The van der Waals surface area contributed by atoms with Crippen molar-refractivity contribution in [3.05, 3.63) is 34.6 Å². The molecule has 86 valence electrons. The van der Waals surface area contributed by atoms with Crippen LogP contribution in [0.25, 0.3) is 0 Å². The summed E-state index contributed by atoms with van der Waals surface area (Å²) >= 11 is 0. The van der Waals surface area contributed by atoms with E-state index in [0.29, 0.717) is 6.29 Å². The van der Waals surface area contributed by atoms with E-state index >= 15 is 0 Å². The van der Waals surface area contributed by atoms with Gasteiger partial charge in [-0.25, -0.2) is 4.39 Å². The molecule has 0 aliphatic heterocycles. The Morgan fingerprint density at radius 2 is 2.19 bits per heavy atom. The van der Waals surface area contributed by atoms with Gasteiger partial charge < -0.3 is 10.1 Å². The summed E-state index contributed by atoms with van der Waals surface area (Å²) in [6.07, 6.45) is 1.30. The maximum absolute atomic E-state index is 13.5. The van der Waals surface area contributed by atoms with Crippen LogP contribution in [0.3, 0.4) is 0 Å². The number of carbonyl (C=O) groups excluding carboxylic acids is 2. The Labute approximate surface area is 93.7 Å². The summed E-state index contributed by atoms with van der Waals surface area (Å²) in [5, 5.41) is 2.31. The van der Waals surface area contributed by atoms with E-state index in [4.69, 9.17) is 0 Å². The number of hydrogen-bond donors (Lipinski definition) is 1. The van der Waals surface area contributed by atoms with Crippen LogP contribution in [0.15, 0.2) is 12.1 Å². The number of amides is 1. The lowest BCUT2D eigenvalue weighted by Crippen LogP contribution is -2.26. The summed E-state index contributed by atoms with van der Waals surface area (Å²) in [5.74, 6) is -1.11. The first-order chi connectivity index (χ1) is 7.60. The minimum Gasteiger partial charge on any atom is -0.345 e. The van der Waals surface area contributed by atoms with Crippen LogP contribution >= 0.6 is 0 Å². The molecule has 1 aromatic carbocycles. The maximum atomic E-state index is 13.5. The van der Waals surface area contributed by atoms with Crippen molar-refractivity contribution in [1.29, 1.82) is 0 Å². The van der Waals surface area contributed by atoms with E-state index in [1.165, 1.54) is 12.1 Å². The summed E-state index contributed by atoms with van der Waals surface area (Å²) in [4.78, 5) is 21.6. The second-order valence-electron chi connectivity index (χ2n) is 3.49. The fourth-order valence-electron chi connectivity index (χ4n) is 1.50. The number of hydrogen-bond acceptors (Lipinski definition) is 2. The van der Waals surface area contributed by atoms with Gasteiger partial charge in [-0.2, -0.15) is 0 Å². The molecule has 1 N–H and O–H groups in total. The van der Waals surface area contributed by atoms with Crippen molar-refractivity contribution in [2.45, 2.75) is 20.3 Å². The van der Waals surface area contributed by atoms with Crippen LogP contribution in [0.4, 0.5) is 4.39 Å². The van der Waals surface area contributed by atoms with E-state index in [9.17, 15) is 14.0 Å². The molecule has 0 spiro atoms. The standard InChI is InChI=1S/C12H14FNO2/c1-3-9-7-10(11(13)6-8(9)2)12(16)14-4-5-15/h5-7H,3-4H2,1-2H3,(H,14,16). The first-order valence-corrected chi connectivity index (χ1v) is 5.11. The Balaban J connectivity index is 3.03. The smallest absolute Gasteiger partial charge is 0.254 e. The molecule has 0 heterocycles. The molecule has 0 radical (unpaired) electrons. The zero-order chi connectivity index (χ0) is 12.1. The largest absolute Gasteiger partial charge is 0.345 e. The number of rotatable bonds is 4. The number of benzene rings is 1. The van der Waals surface area contributed by atoms with Gasteiger partial charge in [0.05, 0.1) is 12.1 Å². The molecule has 0 bridgehead atoms. The molecular weight excluding hydrogens is 209 g/mol. The molecule has 0 aromatic heterocycles. The van der Waals surface area contributed by atoms with E-state index in [1.807, 2.05) is 6.92 Å². The van der Waals surface area contributed by atoms with Gasteiger partial charge in [0.1, 0.15) is 12.1 Å². The third-order valence-electron chi connectivity index (χ3n) is 2.40. The summed E-state index contributed by atoms with van der Waals surface area (Å²) in [6, 6.07) is 2.87. The van der Waals surface area contributed by atoms with Crippen molar-refractivity contribution in [3.8, 4) is 0 Å². The Hall–Kier alpha value is -1.71. The third kappa shape index (κ3) is 2.66. The quantitative estimate of drug-likeness (QED) is 0.788. The van der Waals surface area contributed by atoms with Crippen molar-refractivity contribution in [2.24, 2.45) is 0 Å². The Kier molecular flexibility index (Phi) is 4.17. The van der Waals surface area contributed by atoms with Gasteiger partial charge in [-0.05, 0) is 36.6 Å². The summed E-state index contributed by atoms with van der Waals surface area (Å²) in [5.41, 5.74) is 1.74. The van der Waals surface area contributed by atoms with Gasteiger partial charge >= 0.3 is 0 Å². The second kappa shape index (κ2) is 5.39. The number of aldehydes is 1. The lowest BCUT2D eigenvalue weighted by Gasteiger charge is -2.08. The fourth-order valence-corrected chi connectivity index (χ4v) is 1.50. The Morgan fingerprint density at radius 1 is 1.50 bits per heavy atom. The van der Waals surface area contributed by atoms with E-state index < -0.39 is 11.7 Å². The second-order valence-corrected chi connectivity index (χ2v) is 3.49. The van der Waals surface area contributed by atoms with Gasteiger partial charge in [0.25, 0.3) is 5.91 Å². The minimum atomic E-state index is -0.557. The SMILES string of the molecule is CCc1cc(C(=O)NCC=O)c(F)cc1C. The lowest BCUT2D eigenvalue weighted by atomic mass is 10.0. The van der Waals surface area contributed by atoms with Crippen LogP contribution in [0.2, 0.25) is 0 Å². The Morgan fingerprint density at radius 3 is 2.75 bits per heavy atom. The normalized spacial score (nSPS) is 9.94. The Bertz CT molecular complexity index is 416. The molecule has 3 nitrogen and oxygen atoms in total. The number of aryl methyl sites for hydroxylation is 2. The van der Waals surface area contributed by atoms with E-state index in [1.54, 1.807) is 6.92 Å². The van der Waals surface area contributed by atoms with Crippen LogP contribution < -0.4 is 5.32 Å². The maximum Gasteiger partial charge on any atom is 0.254 e. The first-order valence-electron chi connectivity index (χ1n) is 5.11. The highest BCUT2D eigenvalue weighted by Gasteiger charge is 2.13. The molecule has 0 aliphatic rings. The van der Waals surface area contributed by atoms with Crippen LogP contribution in [-0.2, 0) is 11.2 Å². The van der Waals surface area contributed by atoms with Gasteiger partial charge in [-0.1, -0.05) is 6.92 Å². The minimum absolute atomic E-state index is 0.00991. The number of carbonyl (C=O) groups is 2. The van der Waals surface area contributed by atoms with E-state index in [2.05, 4.69) is 5.32 Å². The van der Waals surface area contributed by atoms with Gasteiger partial charge in [0.15, 0.2) is 0 Å². The van der Waals surface area contributed by atoms with Gasteiger partial charge in [-0.3, -0.25) is 4.79 Å². The number of halogens is 1. The van der Waals surface area contributed by atoms with Crippen molar-refractivity contribution in [1.82, 2.24) is 5.32 Å². The van der Waals surface area contributed by atoms with Crippen molar-refractivity contribution < 1.29 is 14.0 Å². The molecule has 0 atom stereocenters. The van der Waals surface area contributed by atoms with Gasteiger partial charge in [0.2, 0.25) is 0 Å². The summed E-state index contributed by atoms with van der Waals surface area (Å²) < 4.78 is 13.5. The lowest BCUT2D eigenvalue weighted by molar-refractivity contribution is -0.107. The highest BCUT2D eigenvalue weighted by atomic mass is 19.1. The molecule has 1 rings (SSSR count). The molecule has 1 aromatic rings. The summed E-state index contributed by atoms with van der Waals surface area (Å²) in [6.45, 7) is 3.63. The predicted octanol–water partition coefficient (Wildman–Crippen LogP) is 1.63. The topological polar surface area (TPSA) is 46.2 Å². The van der Waals surface area contributed by atoms with E-state index in [0.717, 1.165) is 17.5 Å². The fraction of sp³-hybridized carbons (Fsp3) is 0.333. The van der Waals surface area contributed by atoms with Crippen LogP contribution in [0.1, 0.15) is 28.4 Å². The van der Waals surface area contributed by atoms with Crippen LogP contribution in [0, 0.1) is 12.7 Å². The molecular formula is C12H14FNO2. The average molecular weight is 223 g/mol. The summed E-state index contributed by atoms with van der Waals surface area (Å²) in [7, 11) is 0. The van der Waals surface area contributed by atoms with Gasteiger partial charge in [-0.15, -0.1) is 0 Å². The molecule has 0 fully saturated rings. The zero-order valence-electron chi connectivity index (χ0n) is 9.34. The zero-order valence-corrected chi connectivity index (χ0v) is 9.34. The highest BCUT2D eigenvalue weighted by Crippen LogP contribution is 2.16. The van der Waals surface area contributed by atoms with Crippen molar-refractivity contribution >= 4 is 12.2 Å². The first kappa shape index (κ1) is 12.4. The molecule has 1 amide bonds. The molecule has 0 aliphatic carbocycles. The van der Waals surface area contributed by atoms with Crippen molar-refractivity contribution in [2.75, 3.05) is 6.54 Å². The van der Waals surface area contributed by atoms with Crippen LogP contribution in [0.5, 0.6) is 0 Å². The third-order valence-corrected chi connectivity index (χ3v) is 2.40. The van der Waals surface area contributed by atoms with E-state index in [-0.39, 0.29) is 12.1 Å². The molecule has 0 saturated heterocycles. The van der Waals surface area contributed by atoms with Crippen molar-refractivity contribution in [3.63, 3.8) is 0 Å². The highest BCUT2D eigenvalue weighted by molar-refractivity contribution is 5.95.